The maximum Gasteiger partial charge on any atom is 0.188 e. The molecule has 0 aromatic heterocycles. The Labute approximate surface area is 107 Å². The van der Waals surface area contributed by atoms with Crippen LogP contribution in [0.5, 0.6) is 0 Å². The van der Waals surface area contributed by atoms with E-state index in [9.17, 15) is 0 Å². The summed E-state index contributed by atoms with van der Waals surface area (Å²) in [6.07, 6.45) is 4.69. The minimum atomic E-state index is 0.566. The van der Waals surface area contributed by atoms with Crippen LogP contribution >= 0.6 is 0 Å². The van der Waals surface area contributed by atoms with Gasteiger partial charge in [-0.3, -0.25) is 0 Å². The molecule has 0 aliphatic rings. The smallest absolute Gasteiger partial charge is 0.188 e. The Morgan fingerprint density at radius 3 is 2.65 bits per heavy atom. The summed E-state index contributed by atoms with van der Waals surface area (Å²) >= 11 is 0. The van der Waals surface area contributed by atoms with Crippen LogP contribution in [0.4, 0.5) is 0 Å². The van der Waals surface area contributed by atoms with Gasteiger partial charge in [0.05, 0.1) is 6.61 Å². The van der Waals surface area contributed by atoms with Gasteiger partial charge in [-0.25, -0.2) is 4.99 Å². The molecule has 3 nitrogen and oxygen atoms in total. The summed E-state index contributed by atoms with van der Waals surface area (Å²) < 4.78 is 5.67. The van der Waals surface area contributed by atoms with Crippen molar-refractivity contribution >= 4 is 5.90 Å². The molecule has 0 spiro atoms. The summed E-state index contributed by atoms with van der Waals surface area (Å²) in [6.45, 7) is 13.1. The van der Waals surface area contributed by atoms with Crippen LogP contribution in [0.1, 0.15) is 40.0 Å². The van der Waals surface area contributed by atoms with Crippen LogP contribution in [0, 0.1) is 5.92 Å². The van der Waals surface area contributed by atoms with E-state index < -0.39 is 0 Å². The predicted molar refractivity (Wildman–Crippen MR) is 75.4 cm³/mol. The zero-order chi connectivity index (χ0) is 13.1. The third-order valence-corrected chi connectivity index (χ3v) is 2.38. The summed E-state index contributed by atoms with van der Waals surface area (Å²) in [5.74, 6) is 1.38. The zero-order valence-corrected chi connectivity index (χ0v) is 11.9. The van der Waals surface area contributed by atoms with Gasteiger partial charge in [0.25, 0.3) is 0 Å². The van der Waals surface area contributed by atoms with E-state index in [1.807, 2.05) is 0 Å². The first-order chi connectivity index (χ1) is 8.10. The van der Waals surface area contributed by atoms with E-state index in [1.165, 1.54) is 6.42 Å². The van der Waals surface area contributed by atoms with Gasteiger partial charge in [-0.15, -0.1) is 0 Å². The highest BCUT2D eigenvalue weighted by molar-refractivity contribution is 5.76. The summed E-state index contributed by atoms with van der Waals surface area (Å²) in [5, 5.41) is 0. The largest absolute Gasteiger partial charge is 0.481 e. The molecular formula is C14H28N2O. The van der Waals surface area contributed by atoms with Gasteiger partial charge in [-0.05, 0) is 32.4 Å². The van der Waals surface area contributed by atoms with Crippen LogP contribution in [0.25, 0.3) is 0 Å². The van der Waals surface area contributed by atoms with Crippen molar-refractivity contribution in [1.29, 1.82) is 0 Å². The first-order valence-electron chi connectivity index (χ1n) is 6.59. The van der Waals surface area contributed by atoms with Gasteiger partial charge in [-0.1, -0.05) is 27.4 Å². The molecule has 0 aliphatic heterocycles. The van der Waals surface area contributed by atoms with E-state index >= 15 is 0 Å². The van der Waals surface area contributed by atoms with Gasteiger partial charge in [0.15, 0.2) is 5.90 Å². The average Bonchev–Trinajstić information content (AvgIpc) is 2.24. The minimum Gasteiger partial charge on any atom is -0.481 e. The fourth-order valence-electron chi connectivity index (χ4n) is 1.62. The van der Waals surface area contributed by atoms with Crippen molar-refractivity contribution in [3.8, 4) is 0 Å². The summed E-state index contributed by atoms with van der Waals surface area (Å²) in [7, 11) is 2.15. The maximum absolute atomic E-state index is 5.67. The zero-order valence-electron chi connectivity index (χ0n) is 11.9. The number of ether oxygens (including phenoxy) is 1. The molecule has 0 saturated carbocycles. The highest BCUT2D eigenvalue weighted by Crippen LogP contribution is 2.04. The molecule has 0 saturated heterocycles. The monoisotopic (exact) mass is 240 g/mol. The van der Waals surface area contributed by atoms with Crippen molar-refractivity contribution in [3.05, 3.63) is 12.8 Å². The van der Waals surface area contributed by atoms with Crippen molar-refractivity contribution < 1.29 is 4.74 Å². The normalized spacial score (nSPS) is 12.2. The van der Waals surface area contributed by atoms with E-state index in [1.54, 1.807) is 6.20 Å². The van der Waals surface area contributed by atoms with Crippen LogP contribution in [-0.4, -0.2) is 37.5 Å². The van der Waals surface area contributed by atoms with E-state index in [0.717, 1.165) is 38.4 Å². The van der Waals surface area contributed by atoms with Gasteiger partial charge in [0.1, 0.15) is 0 Å². The topological polar surface area (TPSA) is 24.8 Å². The molecule has 0 radical (unpaired) electrons. The second-order valence-corrected chi connectivity index (χ2v) is 4.81. The predicted octanol–water partition coefficient (Wildman–Crippen LogP) is 3.32. The Morgan fingerprint density at radius 1 is 1.41 bits per heavy atom. The molecule has 17 heavy (non-hydrogen) atoms. The second-order valence-electron chi connectivity index (χ2n) is 4.81. The lowest BCUT2D eigenvalue weighted by molar-refractivity contribution is 0.247. The first-order valence-corrected chi connectivity index (χ1v) is 6.59. The highest BCUT2D eigenvalue weighted by atomic mass is 16.5. The van der Waals surface area contributed by atoms with Crippen LogP contribution in [0.15, 0.2) is 17.8 Å². The molecule has 0 aliphatic carbocycles. The van der Waals surface area contributed by atoms with Gasteiger partial charge in [-0.2, -0.15) is 0 Å². The Hall–Kier alpha value is -0.830. The fourth-order valence-corrected chi connectivity index (χ4v) is 1.62. The molecule has 0 N–H and O–H groups in total. The molecule has 0 aromatic rings. The van der Waals surface area contributed by atoms with Crippen LogP contribution in [0.3, 0.4) is 0 Å². The number of hydrogen-bond acceptors (Lipinski definition) is 3. The molecule has 0 atom stereocenters. The quantitative estimate of drug-likeness (QED) is 0.351. The van der Waals surface area contributed by atoms with Gasteiger partial charge < -0.3 is 9.64 Å². The molecule has 3 heteroatoms. The number of nitrogens with zero attached hydrogens (tertiary/aromatic N) is 2. The lowest BCUT2D eigenvalue weighted by Crippen LogP contribution is -2.22. The van der Waals surface area contributed by atoms with Crippen molar-refractivity contribution in [2.24, 2.45) is 10.9 Å². The van der Waals surface area contributed by atoms with Crippen LogP contribution in [0.2, 0.25) is 0 Å². The Balaban J connectivity index is 3.75. The Bertz CT molecular complexity index is 224. The van der Waals surface area contributed by atoms with E-state index in [4.69, 9.17) is 4.74 Å². The second kappa shape index (κ2) is 10.3. The summed E-state index contributed by atoms with van der Waals surface area (Å²) in [4.78, 5) is 6.49. The summed E-state index contributed by atoms with van der Waals surface area (Å²) in [6, 6.07) is 0. The molecule has 100 valence electrons. The fraction of sp³-hybridized carbons (Fsp3) is 0.786. The maximum atomic E-state index is 5.67. The molecule has 0 bridgehead atoms. The standard InChI is InChI=1S/C14H28N2O/c1-6-9-16(5)10-8-11-17-14(15-7-2)12-13(3)4/h7,13H,2,6,8-12H2,1,3-5H3. The van der Waals surface area contributed by atoms with E-state index in [2.05, 4.69) is 44.3 Å². The third-order valence-electron chi connectivity index (χ3n) is 2.38. The lowest BCUT2D eigenvalue weighted by Gasteiger charge is -2.16. The van der Waals surface area contributed by atoms with Gasteiger partial charge in [0, 0.05) is 19.2 Å². The van der Waals surface area contributed by atoms with Crippen molar-refractivity contribution in [2.75, 3.05) is 26.7 Å². The third kappa shape index (κ3) is 10.1. The summed E-state index contributed by atoms with van der Waals surface area (Å²) in [5.41, 5.74) is 0. The SMILES string of the molecule is C=CN=C(CC(C)C)OCCCN(C)CCC. The molecule has 0 heterocycles. The molecule has 0 rings (SSSR count). The molecule has 0 fully saturated rings. The van der Waals surface area contributed by atoms with Crippen molar-refractivity contribution in [1.82, 2.24) is 4.90 Å². The Morgan fingerprint density at radius 2 is 2.12 bits per heavy atom. The van der Waals surface area contributed by atoms with Crippen LogP contribution in [-0.2, 0) is 4.74 Å². The minimum absolute atomic E-state index is 0.566. The molecular weight excluding hydrogens is 212 g/mol. The highest BCUT2D eigenvalue weighted by Gasteiger charge is 2.04. The molecule has 0 aromatic carbocycles. The Kier molecular flexibility index (Phi) is 9.83. The number of hydrogen-bond donors (Lipinski definition) is 0. The molecule has 0 amide bonds. The number of rotatable bonds is 9. The lowest BCUT2D eigenvalue weighted by atomic mass is 10.1. The van der Waals surface area contributed by atoms with Gasteiger partial charge in [0.2, 0.25) is 0 Å². The number of aliphatic imine (C=N–C) groups is 1. The van der Waals surface area contributed by atoms with E-state index in [-0.39, 0.29) is 0 Å². The average molecular weight is 240 g/mol. The molecule has 0 unspecified atom stereocenters. The van der Waals surface area contributed by atoms with Gasteiger partial charge >= 0.3 is 0 Å². The van der Waals surface area contributed by atoms with Crippen molar-refractivity contribution in [2.45, 2.75) is 40.0 Å². The van der Waals surface area contributed by atoms with Crippen LogP contribution < -0.4 is 0 Å². The van der Waals surface area contributed by atoms with Crippen molar-refractivity contribution in [3.63, 3.8) is 0 Å². The van der Waals surface area contributed by atoms with E-state index in [0.29, 0.717) is 5.92 Å². The first kappa shape index (κ1) is 16.2.